The number of benzene rings is 1. The molecule has 3 aromatic heterocycles. The van der Waals surface area contributed by atoms with Crippen LogP contribution in [0.25, 0.3) is 16.7 Å². The van der Waals surface area contributed by atoms with Gasteiger partial charge in [0, 0.05) is 12.6 Å². The van der Waals surface area contributed by atoms with Gasteiger partial charge in [0.2, 0.25) is 5.95 Å². The number of nitrogens with two attached hydrogens (primary N) is 2. The van der Waals surface area contributed by atoms with E-state index < -0.39 is 0 Å². The second-order valence-corrected chi connectivity index (χ2v) is 7.72. The zero-order valence-corrected chi connectivity index (χ0v) is 17.4. The second kappa shape index (κ2) is 7.51. The van der Waals surface area contributed by atoms with Crippen LogP contribution in [-0.4, -0.2) is 36.3 Å². The van der Waals surface area contributed by atoms with Crippen molar-refractivity contribution < 1.29 is 0 Å². The van der Waals surface area contributed by atoms with Crippen LogP contribution in [0.4, 0.5) is 17.6 Å². The number of H-pyrrole nitrogens is 1. The molecule has 12 heteroatoms. The van der Waals surface area contributed by atoms with Crippen LogP contribution in [0.2, 0.25) is 5.02 Å². The molecule has 1 fully saturated rings. The summed E-state index contributed by atoms with van der Waals surface area (Å²) in [6, 6.07) is 8.49. The molecule has 160 valence electrons. The molecule has 1 aliphatic rings. The molecular weight excluding hydrogens is 432 g/mol. The standard InChI is InChI=1S/C20H17ClN10O/c21-11-3-1-4-12-15(11)19(32)31(14-6-7-25-29-14)18(26-12)13-5-2-8-30(13)17-10(9-22)16(23)27-20(24)28-17/h1,3-4,6-7,13H,2,5,8H2,(H,25,29)(H4,23,24,27,28). The summed E-state index contributed by atoms with van der Waals surface area (Å²) in [5.41, 5.74) is 12.0. The maximum atomic E-state index is 13.6. The van der Waals surface area contributed by atoms with E-state index >= 15 is 0 Å². The lowest BCUT2D eigenvalue weighted by molar-refractivity contribution is 0.628. The number of hydrogen-bond acceptors (Lipinski definition) is 9. The van der Waals surface area contributed by atoms with Crippen molar-refractivity contribution in [1.82, 2.24) is 29.7 Å². The third-order valence-corrected chi connectivity index (χ3v) is 5.78. The summed E-state index contributed by atoms with van der Waals surface area (Å²) < 4.78 is 1.46. The Morgan fingerprint density at radius 2 is 2.06 bits per heavy atom. The number of nitrogens with one attached hydrogen (secondary N) is 1. The Balaban J connectivity index is 1.78. The molecule has 0 bridgehead atoms. The highest BCUT2D eigenvalue weighted by molar-refractivity contribution is 6.35. The monoisotopic (exact) mass is 448 g/mol. The molecule has 1 saturated heterocycles. The quantitative estimate of drug-likeness (QED) is 0.423. The fourth-order valence-electron chi connectivity index (χ4n) is 4.12. The van der Waals surface area contributed by atoms with Gasteiger partial charge in [-0.05, 0) is 25.0 Å². The number of aromatic amines is 1. The number of rotatable bonds is 3. The van der Waals surface area contributed by atoms with Crippen molar-refractivity contribution in [2.45, 2.75) is 18.9 Å². The second-order valence-electron chi connectivity index (χ2n) is 7.32. The van der Waals surface area contributed by atoms with Gasteiger partial charge in [-0.15, -0.1) is 0 Å². The van der Waals surface area contributed by atoms with Gasteiger partial charge in [-0.1, -0.05) is 17.7 Å². The molecule has 1 atom stereocenters. The lowest BCUT2D eigenvalue weighted by Gasteiger charge is -2.28. The minimum absolute atomic E-state index is 0.00450. The molecule has 0 saturated carbocycles. The van der Waals surface area contributed by atoms with Crippen LogP contribution < -0.4 is 21.9 Å². The van der Waals surface area contributed by atoms with Crippen molar-refractivity contribution in [2.24, 2.45) is 0 Å². The van der Waals surface area contributed by atoms with Crippen molar-refractivity contribution >= 4 is 40.1 Å². The summed E-state index contributed by atoms with van der Waals surface area (Å²) in [5, 5.41) is 17.1. The number of hydrogen-bond donors (Lipinski definition) is 3. The summed E-state index contributed by atoms with van der Waals surface area (Å²) in [7, 11) is 0. The lowest BCUT2D eigenvalue weighted by Crippen LogP contribution is -2.33. The Morgan fingerprint density at radius 1 is 1.22 bits per heavy atom. The third-order valence-electron chi connectivity index (χ3n) is 5.47. The molecule has 0 amide bonds. The van der Waals surface area contributed by atoms with Crippen molar-refractivity contribution in [3.63, 3.8) is 0 Å². The van der Waals surface area contributed by atoms with Crippen LogP contribution >= 0.6 is 11.6 Å². The number of nitriles is 1. The van der Waals surface area contributed by atoms with E-state index in [1.54, 1.807) is 30.5 Å². The lowest BCUT2D eigenvalue weighted by atomic mass is 10.1. The first-order chi connectivity index (χ1) is 15.5. The van der Waals surface area contributed by atoms with E-state index in [9.17, 15) is 10.1 Å². The molecule has 11 nitrogen and oxygen atoms in total. The highest BCUT2D eigenvalue weighted by atomic mass is 35.5. The van der Waals surface area contributed by atoms with Crippen molar-refractivity contribution in [3.05, 3.63) is 57.2 Å². The van der Waals surface area contributed by atoms with E-state index in [-0.39, 0.29) is 28.9 Å². The van der Waals surface area contributed by atoms with E-state index in [4.69, 9.17) is 28.1 Å². The Morgan fingerprint density at radius 3 is 2.81 bits per heavy atom. The predicted molar refractivity (Wildman–Crippen MR) is 119 cm³/mol. The first kappa shape index (κ1) is 19.8. The highest BCUT2D eigenvalue weighted by Crippen LogP contribution is 2.38. The van der Waals surface area contributed by atoms with Crippen LogP contribution in [0, 0.1) is 11.3 Å². The fourth-order valence-corrected chi connectivity index (χ4v) is 4.37. The van der Waals surface area contributed by atoms with Gasteiger partial charge < -0.3 is 16.4 Å². The molecule has 0 aliphatic carbocycles. The topological polar surface area (TPSA) is 168 Å². The van der Waals surface area contributed by atoms with E-state index in [0.29, 0.717) is 46.4 Å². The summed E-state index contributed by atoms with van der Waals surface area (Å²) in [6.45, 7) is 0.571. The first-order valence-electron chi connectivity index (χ1n) is 9.80. The molecule has 1 aromatic carbocycles. The van der Waals surface area contributed by atoms with Gasteiger partial charge in [0.25, 0.3) is 5.56 Å². The van der Waals surface area contributed by atoms with E-state index in [1.165, 1.54) is 4.57 Å². The summed E-state index contributed by atoms with van der Waals surface area (Å²) in [4.78, 5) is 28.4. The minimum atomic E-state index is -0.379. The smallest absolute Gasteiger partial charge is 0.268 e. The van der Waals surface area contributed by atoms with Gasteiger partial charge in [0.15, 0.2) is 5.82 Å². The molecule has 0 spiro atoms. The van der Waals surface area contributed by atoms with Crippen LogP contribution in [0.5, 0.6) is 0 Å². The number of nitrogen functional groups attached to an aromatic ring is 2. The van der Waals surface area contributed by atoms with Crippen LogP contribution in [0.1, 0.15) is 30.3 Å². The molecule has 4 aromatic rings. The Hall–Kier alpha value is -4.17. The maximum absolute atomic E-state index is 13.6. The molecule has 1 aliphatic heterocycles. The molecule has 0 radical (unpaired) electrons. The number of aromatic nitrogens is 6. The molecular formula is C20H17ClN10O. The number of fused-ring (bicyclic) bond motifs is 1. The Kier molecular flexibility index (Phi) is 4.64. The normalized spacial score (nSPS) is 15.9. The van der Waals surface area contributed by atoms with Gasteiger partial charge in [-0.2, -0.15) is 20.3 Å². The third kappa shape index (κ3) is 3.00. The molecule has 1 unspecified atom stereocenters. The van der Waals surface area contributed by atoms with Crippen molar-refractivity contribution in [2.75, 3.05) is 22.9 Å². The van der Waals surface area contributed by atoms with Crippen molar-refractivity contribution in [3.8, 4) is 11.9 Å². The fraction of sp³-hybridized carbons (Fsp3) is 0.200. The Labute approximate surface area is 186 Å². The van der Waals surface area contributed by atoms with Crippen LogP contribution in [0.3, 0.4) is 0 Å². The maximum Gasteiger partial charge on any atom is 0.268 e. The average Bonchev–Trinajstić information content (AvgIpc) is 3.45. The van der Waals surface area contributed by atoms with Crippen molar-refractivity contribution in [1.29, 1.82) is 5.26 Å². The molecule has 32 heavy (non-hydrogen) atoms. The SMILES string of the molecule is N#Cc1c(N)nc(N)nc1N1CCCC1c1nc2cccc(Cl)c2c(=O)n1-c1ccn[nH]1. The van der Waals surface area contributed by atoms with Crippen LogP contribution in [-0.2, 0) is 0 Å². The van der Waals surface area contributed by atoms with Gasteiger partial charge in [0.05, 0.1) is 28.2 Å². The van der Waals surface area contributed by atoms with E-state index in [1.807, 2.05) is 4.90 Å². The number of nitrogens with zero attached hydrogens (tertiary/aromatic N) is 7. The zero-order valence-electron chi connectivity index (χ0n) is 16.7. The first-order valence-corrected chi connectivity index (χ1v) is 10.2. The van der Waals surface area contributed by atoms with Gasteiger partial charge in [-0.3, -0.25) is 9.89 Å². The summed E-state index contributed by atoms with van der Waals surface area (Å²) >= 11 is 6.34. The highest BCUT2D eigenvalue weighted by Gasteiger charge is 2.34. The molecule has 5 N–H and O–H groups in total. The predicted octanol–water partition coefficient (Wildman–Crippen LogP) is 1.93. The summed E-state index contributed by atoms with van der Waals surface area (Å²) in [5.74, 6) is 1.20. The molecule has 5 rings (SSSR count). The van der Waals surface area contributed by atoms with E-state index in [0.717, 1.165) is 6.42 Å². The zero-order chi connectivity index (χ0) is 22.4. The molecule has 4 heterocycles. The van der Waals surface area contributed by atoms with Gasteiger partial charge in [-0.25, -0.2) is 9.55 Å². The minimum Gasteiger partial charge on any atom is -0.382 e. The van der Waals surface area contributed by atoms with Crippen LogP contribution in [0.15, 0.2) is 35.3 Å². The largest absolute Gasteiger partial charge is 0.382 e. The average molecular weight is 449 g/mol. The number of anilines is 3. The van der Waals surface area contributed by atoms with Gasteiger partial charge in [0.1, 0.15) is 29.1 Å². The number of halogens is 1. The van der Waals surface area contributed by atoms with Gasteiger partial charge >= 0.3 is 0 Å². The summed E-state index contributed by atoms with van der Waals surface area (Å²) in [6.07, 6.45) is 3.00. The Bertz CT molecular complexity index is 1440. The van der Waals surface area contributed by atoms with E-state index in [2.05, 4.69) is 26.2 Å².